The topological polar surface area (TPSA) is 116 Å². The third-order valence-corrected chi connectivity index (χ3v) is 5.80. The molecule has 0 bridgehead atoms. The molecule has 1 saturated heterocycles. The minimum absolute atomic E-state index is 0.0317. The average molecular weight is 422 g/mol. The molecule has 0 aliphatic carbocycles. The van der Waals surface area contributed by atoms with Crippen LogP contribution in [-0.4, -0.2) is 44.5 Å². The number of aromatic nitrogens is 3. The maximum Gasteiger partial charge on any atom is 0.354 e. The highest BCUT2D eigenvalue weighted by atomic mass is 16.1. The quantitative estimate of drug-likeness (QED) is 0.381. The van der Waals surface area contributed by atoms with E-state index in [4.69, 9.17) is 11.1 Å². The second kappa shape index (κ2) is 8.19. The van der Waals surface area contributed by atoms with Gasteiger partial charge in [0.15, 0.2) is 5.96 Å². The van der Waals surface area contributed by atoms with Crippen LogP contribution >= 0.6 is 0 Å². The standard InChI is InChI=1S/C23H31N7O/c1-23(2,3)19-11-16-13-30(22(31)28-20(16)27-19)18-8-6-15(7-9-18)12-29-10-4-5-17(14-29)26-21(24)25/h6-9,11,13,17H,4-5,10,12,14H2,1-3H3,(H4,24,25,26)(H,27,28,31)/t17-/m0/s1. The van der Waals surface area contributed by atoms with Crippen LogP contribution in [0.2, 0.25) is 0 Å². The zero-order valence-corrected chi connectivity index (χ0v) is 18.4. The van der Waals surface area contributed by atoms with E-state index in [-0.39, 0.29) is 23.1 Å². The summed E-state index contributed by atoms with van der Waals surface area (Å²) in [5.74, 6) is 0.0317. The van der Waals surface area contributed by atoms with Gasteiger partial charge in [-0.15, -0.1) is 0 Å². The van der Waals surface area contributed by atoms with Crippen molar-refractivity contribution in [2.45, 2.75) is 51.6 Å². The van der Waals surface area contributed by atoms with Crippen molar-refractivity contribution in [3.8, 4) is 5.69 Å². The fourth-order valence-corrected chi connectivity index (χ4v) is 4.14. The molecule has 2 aromatic heterocycles. The Balaban J connectivity index is 1.51. The maximum absolute atomic E-state index is 12.6. The maximum atomic E-state index is 12.6. The smallest absolute Gasteiger partial charge is 0.354 e. The molecule has 0 saturated carbocycles. The van der Waals surface area contributed by atoms with Crippen LogP contribution in [0.1, 0.15) is 44.9 Å². The first-order valence-corrected chi connectivity index (χ1v) is 10.7. The minimum atomic E-state index is -0.295. The summed E-state index contributed by atoms with van der Waals surface area (Å²) < 4.78 is 1.60. The number of hydrogen-bond acceptors (Lipinski definition) is 4. The minimum Gasteiger partial charge on any atom is -0.370 e. The van der Waals surface area contributed by atoms with Gasteiger partial charge in [-0.2, -0.15) is 4.98 Å². The molecule has 1 aromatic carbocycles. The van der Waals surface area contributed by atoms with Gasteiger partial charge >= 0.3 is 5.69 Å². The molecule has 0 spiro atoms. The van der Waals surface area contributed by atoms with E-state index in [0.29, 0.717) is 5.65 Å². The number of nitrogens with two attached hydrogens (primary N) is 1. The highest BCUT2D eigenvalue weighted by molar-refractivity contribution is 5.76. The summed E-state index contributed by atoms with van der Waals surface area (Å²) in [6.45, 7) is 9.11. The fourth-order valence-electron chi connectivity index (χ4n) is 4.14. The van der Waals surface area contributed by atoms with Gasteiger partial charge in [0.25, 0.3) is 0 Å². The van der Waals surface area contributed by atoms with E-state index in [1.54, 1.807) is 4.57 Å². The van der Waals surface area contributed by atoms with Crippen molar-refractivity contribution in [2.24, 2.45) is 5.73 Å². The molecule has 164 valence electrons. The van der Waals surface area contributed by atoms with Crippen molar-refractivity contribution >= 4 is 17.0 Å². The summed E-state index contributed by atoms with van der Waals surface area (Å²) in [7, 11) is 0. The third-order valence-electron chi connectivity index (χ3n) is 5.80. The number of piperidine rings is 1. The molecule has 1 aliphatic heterocycles. The summed E-state index contributed by atoms with van der Waals surface area (Å²) >= 11 is 0. The lowest BCUT2D eigenvalue weighted by atomic mass is 9.92. The summed E-state index contributed by atoms with van der Waals surface area (Å²) in [5, 5.41) is 11.4. The molecule has 3 aromatic rings. The van der Waals surface area contributed by atoms with E-state index in [9.17, 15) is 4.79 Å². The number of guanidine groups is 1. The number of benzene rings is 1. The summed E-state index contributed by atoms with van der Waals surface area (Å²) in [4.78, 5) is 22.5. The van der Waals surface area contributed by atoms with Gasteiger partial charge in [-0.3, -0.25) is 14.9 Å². The van der Waals surface area contributed by atoms with Crippen molar-refractivity contribution in [3.63, 3.8) is 0 Å². The zero-order chi connectivity index (χ0) is 22.2. The number of likely N-dealkylation sites (tertiary alicyclic amines) is 1. The van der Waals surface area contributed by atoms with E-state index in [0.717, 1.165) is 49.2 Å². The van der Waals surface area contributed by atoms with Crippen molar-refractivity contribution in [3.05, 3.63) is 58.3 Å². The van der Waals surface area contributed by atoms with Gasteiger partial charge in [0.2, 0.25) is 0 Å². The average Bonchev–Trinajstić information content (AvgIpc) is 3.11. The highest BCUT2D eigenvalue weighted by Gasteiger charge is 2.20. The molecule has 31 heavy (non-hydrogen) atoms. The van der Waals surface area contributed by atoms with Crippen LogP contribution in [-0.2, 0) is 12.0 Å². The van der Waals surface area contributed by atoms with Gasteiger partial charge in [-0.25, -0.2) is 4.79 Å². The lowest BCUT2D eigenvalue weighted by molar-refractivity contribution is 0.193. The first-order valence-electron chi connectivity index (χ1n) is 10.7. The Morgan fingerprint density at radius 3 is 2.74 bits per heavy atom. The summed E-state index contributed by atoms with van der Waals surface area (Å²) in [5.41, 5.74) is 8.82. The first kappa shape index (κ1) is 21.1. The second-order valence-electron chi connectivity index (χ2n) is 9.43. The van der Waals surface area contributed by atoms with E-state index in [1.165, 1.54) is 5.56 Å². The Kier molecular flexibility index (Phi) is 5.58. The Hall–Kier alpha value is -3.13. The summed E-state index contributed by atoms with van der Waals surface area (Å²) in [6.07, 6.45) is 3.97. The number of hydrogen-bond donors (Lipinski definition) is 4. The Bertz CT molecular complexity index is 1140. The van der Waals surface area contributed by atoms with Crippen LogP contribution < -0.4 is 16.7 Å². The monoisotopic (exact) mass is 421 g/mol. The number of aromatic amines is 1. The van der Waals surface area contributed by atoms with Gasteiger partial charge in [-0.05, 0) is 43.1 Å². The molecule has 3 heterocycles. The fraction of sp³-hybridized carbons (Fsp3) is 0.435. The van der Waals surface area contributed by atoms with Crippen LogP contribution in [0, 0.1) is 5.41 Å². The van der Waals surface area contributed by atoms with Crippen LogP contribution in [0.5, 0.6) is 0 Å². The lowest BCUT2D eigenvalue weighted by Crippen LogP contribution is -2.49. The SMILES string of the molecule is CC(C)(C)c1cc2cn(-c3ccc(CN4CCC[C@H](NC(=N)N)C4)cc3)c(=O)nc2[nH]1. The molecule has 1 aliphatic rings. The molecular weight excluding hydrogens is 390 g/mol. The van der Waals surface area contributed by atoms with Gasteiger partial charge < -0.3 is 16.0 Å². The molecule has 1 atom stereocenters. The Labute approximate surface area is 182 Å². The van der Waals surface area contributed by atoms with E-state index >= 15 is 0 Å². The third kappa shape index (κ3) is 4.80. The zero-order valence-electron chi connectivity index (χ0n) is 18.4. The number of rotatable bonds is 4. The predicted octanol–water partition coefficient (Wildman–Crippen LogP) is 2.46. The number of nitrogens with zero attached hydrogens (tertiary/aromatic N) is 3. The number of nitrogens with one attached hydrogen (secondary N) is 3. The van der Waals surface area contributed by atoms with Gasteiger partial charge in [-0.1, -0.05) is 32.9 Å². The molecule has 5 N–H and O–H groups in total. The molecule has 1 fully saturated rings. The molecule has 0 unspecified atom stereocenters. The highest BCUT2D eigenvalue weighted by Crippen LogP contribution is 2.24. The Morgan fingerprint density at radius 1 is 1.32 bits per heavy atom. The van der Waals surface area contributed by atoms with Crippen LogP contribution in [0.3, 0.4) is 0 Å². The van der Waals surface area contributed by atoms with Gasteiger partial charge in [0.05, 0.1) is 5.69 Å². The first-order chi connectivity index (χ1) is 14.7. The number of H-pyrrole nitrogens is 1. The van der Waals surface area contributed by atoms with Gasteiger partial charge in [0, 0.05) is 41.8 Å². The van der Waals surface area contributed by atoms with Crippen LogP contribution in [0.25, 0.3) is 16.7 Å². The number of fused-ring (bicyclic) bond motifs is 1. The van der Waals surface area contributed by atoms with Crippen LogP contribution in [0.4, 0.5) is 0 Å². The summed E-state index contributed by atoms with van der Waals surface area (Å²) in [6, 6.07) is 10.3. The Morgan fingerprint density at radius 2 is 2.06 bits per heavy atom. The van der Waals surface area contributed by atoms with Crippen LogP contribution in [0.15, 0.2) is 41.3 Å². The van der Waals surface area contributed by atoms with E-state index < -0.39 is 0 Å². The second-order valence-corrected chi connectivity index (χ2v) is 9.43. The van der Waals surface area contributed by atoms with Crippen molar-refractivity contribution in [1.82, 2.24) is 24.8 Å². The lowest BCUT2D eigenvalue weighted by Gasteiger charge is -2.33. The van der Waals surface area contributed by atoms with Gasteiger partial charge in [0.1, 0.15) is 5.65 Å². The normalized spacial score (nSPS) is 17.7. The largest absolute Gasteiger partial charge is 0.370 e. The predicted molar refractivity (Wildman–Crippen MR) is 124 cm³/mol. The van der Waals surface area contributed by atoms with E-state index in [2.05, 4.69) is 59.2 Å². The van der Waals surface area contributed by atoms with Crippen molar-refractivity contribution in [1.29, 1.82) is 5.41 Å². The molecule has 0 amide bonds. The molecule has 8 heteroatoms. The van der Waals surface area contributed by atoms with Crippen molar-refractivity contribution < 1.29 is 0 Å². The molecule has 0 radical (unpaired) electrons. The van der Waals surface area contributed by atoms with Crippen molar-refractivity contribution in [2.75, 3.05) is 13.1 Å². The molecule has 4 rings (SSSR count). The molecule has 8 nitrogen and oxygen atoms in total. The van der Waals surface area contributed by atoms with E-state index in [1.807, 2.05) is 18.3 Å². The molecular formula is C23H31N7O.